The minimum atomic E-state index is -0.715. The van der Waals surface area contributed by atoms with Gasteiger partial charge in [0.05, 0.1) is 6.61 Å². The fourth-order valence-electron chi connectivity index (χ4n) is 3.76. The van der Waals surface area contributed by atoms with Gasteiger partial charge in [0, 0.05) is 25.1 Å². The number of nitrogens with zero attached hydrogens (tertiary/aromatic N) is 2. The van der Waals surface area contributed by atoms with Gasteiger partial charge < -0.3 is 14.6 Å². The average molecular weight is 424 g/mol. The Labute approximate surface area is 182 Å². The van der Waals surface area contributed by atoms with E-state index in [1.807, 2.05) is 43.3 Å². The smallest absolute Gasteiger partial charge is 0.329 e. The zero-order valence-electron chi connectivity index (χ0n) is 18.5. The van der Waals surface area contributed by atoms with Crippen LogP contribution < -0.4 is 5.56 Å². The third-order valence-electron chi connectivity index (χ3n) is 5.38. The van der Waals surface area contributed by atoms with Crippen molar-refractivity contribution in [3.63, 3.8) is 0 Å². The van der Waals surface area contributed by atoms with E-state index in [-0.39, 0.29) is 24.5 Å². The van der Waals surface area contributed by atoms with Crippen molar-refractivity contribution in [1.82, 2.24) is 9.88 Å². The molecule has 1 heterocycles. The summed E-state index contributed by atoms with van der Waals surface area (Å²) in [6.07, 6.45) is 0.880. The second-order valence-electron chi connectivity index (χ2n) is 7.31. The molecule has 0 fully saturated rings. The van der Waals surface area contributed by atoms with Gasteiger partial charge in [-0.1, -0.05) is 30.3 Å². The SMILES string of the molecule is CCOC(=O)[C@@H](Cc1ccccc1)N(CC)C(=O)CCc1c(C)[nH]c(=O)c(C#N)c1C. The van der Waals surface area contributed by atoms with Crippen molar-refractivity contribution < 1.29 is 14.3 Å². The van der Waals surface area contributed by atoms with E-state index in [2.05, 4.69) is 4.98 Å². The Morgan fingerprint density at radius 1 is 1.19 bits per heavy atom. The van der Waals surface area contributed by atoms with Gasteiger partial charge in [-0.2, -0.15) is 5.26 Å². The zero-order valence-corrected chi connectivity index (χ0v) is 18.5. The Hall–Kier alpha value is -3.40. The summed E-state index contributed by atoms with van der Waals surface area (Å²) in [6, 6.07) is 10.7. The molecule has 0 spiro atoms. The summed E-state index contributed by atoms with van der Waals surface area (Å²) >= 11 is 0. The Balaban J connectivity index is 2.25. The molecule has 0 unspecified atom stereocenters. The van der Waals surface area contributed by atoms with E-state index in [4.69, 9.17) is 4.74 Å². The number of aryl methyl sites for hydroxylation is 1. The number of carbonyl (C=O) groups excluding carboxylic acids is 2. The molecule has 0 radical (unpaired) electrons. The van der Waals surface area contributed by atoms with Crippen LogP contribution in [-0.2, 0) is 27.2 Å². The molecule has 164 valence electrons. The number of esters is 1. The first kappa shape index (κ1) is 23.9. The average Bonchev–Trinajstić information content (AvgIpc) is 2.74. The summed E-state index contributed by atoms with van der Waals surface area (Å²) in [5.41, 5.74) is 2.59. The number of aromatic nitrogens is 1. The predicted octanol–water partition coefficient (Wildman–Crippen LogP) is 2.82. The summed E-state index contributed by atoms with van der Waals surface area (Å²) in [6.45, 7) is 7.65. The van der Waals surface area contributed by atoms with Crippen LogP contribution in [0, 0.1) is 25.2 Å². The molecule has 2 aromatic rings. The topological polar surface area (TPSA) is 103 Å². The van der Waals surface area contributed by atoms with Crippen LogP contribution in [0.15, 0.2) is 35.1 Å². The lowest BCUT2D eigenvalue weighted by Crippen LogP contribution is -2.47. The summed E-state index contributed by atoms with van der Waals surface area (Å²) < 4.78 is 5.25. The molecule has 0 aliphatic carbocycles. The Morgan fingerprint density at radius 3 is 2.45 bits per heavy atom. The predicted molar refractivity (Wildman–Crippen MR) is 118 cm³/mol. The second kappa shape index (κ2) is 11.1. The van der Waals surface area contributed by atoms with Crippen molar-refractivity contribution >= 4 is 11.9 Å². The number of benzene rings is 1. The van der Waals surface area contributed by atoms with E-state index in [1.54, 1.807) is 25.7 Å². The quantitative estimate of drug-likeness (QED) is 0.625. The lowest BCUT2D eigenvalue weighted by atomic mass is 9.98. The van der Waals surface area contributed by atoms with Crippen molar-refractivity contribution in [3.05, 3.63) is 68.6 Å². The van der Waals surface area contributed by atoms with Gasteiger partial charge in [-0.25, -0.2) is 4.79 Å². The molecule has 31 heavy (non-hydrogen) atoms. The largest absolute Gasteiger partial charge is 0.464 e. The Bertz CT molecular complexity index is 1020. The number of hydrogen-bond acceptors (Lipinski definition) is 5. The van der Waals surface area contributed by atoms with Gasteiger partial charge in [-0.05, 0) is 50.8 Å². The minimum Gasteiger partial charge on any atom is -0.464 e. The first-order valence-corrected chi connectivity index (χ1v) is 10.5. The van der Waals surface area contributed by atoms with Crippen LogP contribution in [-0.4, -0.2) is 41.0 Å². The lowest BCUT2D eigenvalue weighted by Gasteiger charge is -2.29. The van der Waals surface area contributed by atoms with Crippen LogP contribution in [0.3, 0.4) is 0 Å². The van der Waals surface area contributed by atoms with Gasteiger partial charge in [-0.3, -0.25) is 9.59 Å². The molecule has 0 saturated carbocycles. The van der Waals surface area contributed by atoms with Gasteiger partial charge in [0.1, 0.15) is 17.7 Å². The van der Waals surface area contributed by atoms with Crippen LogP contribution in [0.25, 0.3) is 0 Å². The highest BCUT2D eigenvalue weighted by molar-refractivity contribution is 5.85. The van der Waals surface area contributed by atoms with Crippen LogP contribution in [0.5, 0.6) is 0 Å². The fourth-order valence-corrected chi connectivity index (χ4v) is 3.76. The van der Waals surface area contributed by atoms with E-state index < -0.39 is 17.6 Å². The standard InChI is InChI=1S/C24H29N3O4/c1-5-27(21(24(30)31-6-2)14-18-10-8-7-9-11-18)22(28)13-12-19-16(3)20(15-25)23(29)26-17(19)4/h7-11,21H,5-6,12-14H2,1-4H3,(H,26,29)/t21-/m1/s1. The first-order valence-electron chi connectivity index (χ1n) is 10.5. The highest BCUT2D eigenvalue weighted by Crippen LogP contribution is 2.18. The molecule has 0 aliphatic heterocycles. The van der Waals surface area contributed by atoms with Crippen molar-refractivity contribution in [1.29, 1.82) is 5.26 Å². The van der Waals surface area contributed by atoms with E-state index in [0.717, 1.165) is 11.1 Å². The number of H-pyrrole nitrogens is 1. The van der Waals surface area contributed by atoms with Gasteiger partial charge in [0.25, 0.3) is 5.56 Å². The third kappa shape index (κ3) is 5.82. The fraction of sp³-hybridized carbons (Fsp3) is 0.417. The van der Waals surface area contributed by atoms with Gasteiger partial charge in [0.15, 0.2) is 0 Å². The molecule has 7 heteroatoms. The number of hydrogen-bond donors (Lipinski definition) is 1. The van der Waals surface area contributed by atoms with Gasteiger partial charge in [0.2, 0.25) is 5.91 Å². The number of likely N-dealkylation sites (N-methyl/N-ethyl adjacent to an activating group) is 1. The highest BCUT2D eigenvalue weighted by atomic mass is 16.5. The number of aromatic amines is 1. The second-order valence-corrected chi connectivity index (χ2v) is 7.31. The maximum Gasteiger partial charge on any atom is 0.329 e. The Morgan fingerprint density at radius 2 is 1.87 bits per heavy atom. The van der Waals surface area contributed by atoms with Crippen molar-refractivity contribution in [2.75, 3.05) is 13.2 Å². The molecule has 0 saturated heterocycles. The number of ether oxygens (including phenoxy) is 1. The maximum atomic E-state index is 13.1. The first-order chi connectivity index (χ1) is 14.8. The molecule has 7 nitrogen and oxygen atoms in total. The summed E-state index contributed by atoms with van der Waals surface area (Å²) in [5.74, 6) is -0.607. The number of nitriles is 1. The summed E-state index contributed by atoms with van der Waals surface area (Å²) in [7, 11) is 0. The molecule has 1 atom stereocenters. The third-order valence-corrected chi connectivity index (χ3v) is 5.38. The number of amides is 1. The van der Waals surface area contributed by atoms with E-state index >= 15 is 0 Å². The van der Waals surface area contributed by atoms with Crippen molar-refractivity contribution in [3.8, 4) is 6.07 Å². The van der Waals surface area contributed by atoms with Gasteiger partial charge >= 0.3 is 5.97 Å². The number of rotatable bonds is 9. The minimum absolute atomic E-state index is 0.0638. The molecule has 2 rings (SSSR count). The maximum absolute atomic E-state index is 13.1. The van der Waals surface area contributed by atoms with E-state index in [9.17, 15) is 19.6 Å². The lowest BCUT2D eigenvalue weighted by molar-refractivity contribution is -0.154. The molecule has 1 aromatic carbocycles. The summed E-state index contributed by atoms with van der Waals surface area (Å²) in [4.78, 5) is 41.9. The molecular weight excluding hydrogens is 394 g/mol. The van der Waals surface area contributed by atoms with Gasteiger partial charge in [-0.15, -0.1) is 0 Å². The monoisotopic (exact) mass is 423 g/mol. The number of pyridine rings is 1. The molecule has 1 aromatic heterocycles. The van der Waals surface area contributed by atoms with Crippen LogP contribution >= 0.6 is 0 Å². The van der Waals surface area contributed by atoms with Crippen molar-refractivity contribution in [2.45, 2.75) is 53.0 Å². The number of nitrogens with one attached hydrogen (secondary N) is 1. The van der Waals surface area contributed by atoms with Crippen LogP contribution in [0.4, 0.5) is 0 Å². The van der Waals surface area contributed by atoms with E-state index in [0.29, 0.717) is 30.6 Å². The highest BCUT2D eigenvalue weighted by Gasteiger charge is 2.30. The summed E-state index contributed by atoms with van der Waals surface area (Å²) in [5, 5.41) is 9.25. The molecule has 1 amide bonds. The van der Waals surface area contributed by atoms with Crippen LogP contribution in [0.1, 0.15) is 48.2 Å². The number of carbonyl (C=O) groups is 2. The molecule has 0 aliphatic rings. The van der Waals surface area contributed by atoms with Crippen LogP contribution in [0.2, 0.25) is 0 Å². The zero-order chi connectivity index (χ0) is 23.0. The normalized spacial score (nSPS) is 11.5. The molecule has 1 N–H and O–H groups in total. The van der Waals surface area contributed by atoms with E-state index in [1.165, 1.54) is 0 Å². The van der Waals surface area contributed by atoms with Crippen molar-refractivity contribution in [2.24, 2.45) is 0 Å². The molecule has 0 bridgehead atoms. The molecular formula is C24H29N3O4. The Kier molecular flexibility index (Phi) is 8.56.